The third-order valence-electron chi connectivity index (χ3n) is 5.91. The Morgan fingerprint density at radius 1 is 0.444 bits per heavy atom. The summed E-state index contributed by atoms with van der Waals surface area (Å²) in [5.41, 5.74) is 0. The highest BCUT2D eigenvalue weighted by Crippen LogP contribution is 2.13. The molecule has 0 saturated carbocycles. The van der Waals surface area contributed by atoms with Gasteiger partial charge in [-0.2, -0.15) is 0 Å². The summed E-state index contributed by atoms with van der Waals surface area (Å²) >= 11 is 0. The molecule has 0 spiro atoms. The van der Waals surface area contributed by atoms with E-state index in [-0.39, 0.29) is 0 Å². The minimum absolute atomic E-state index is 0.889. The molecule has 0 heterocycles. The van der Waals surface area contributed by atoms with Crippen molar-refractivity contribution >= 4 is 0 Å². The largest absolute Gasteiger partial charge is 0.303 e. The van der Waals surface area contributed by atoms with Crippen molar-refractivity contribution in [2.75, 3.05) is 19.6 Å². The van der Waals surface area contributed by atoms with E-state index in [2.05, 4.69) is 32.6 Å². The van der Waals surface area contributed by atoms with Crippen LogP contribution in [0.25, 0.3) is 0 Å². The van der Waals surface area contributed by atoms with Crippen LogP contribution in [0.5, 0.6) is 0 Å². The second-order valence-corrected chi connectivity index (χ2v) is 9.33. The number of hydrogen-bond donors (Lipinski definition) is 0. The lowest BCUT2D eigenvalue weighted by Gasteiger charge is -2.22. The zero-order chi connectivity index (χ0) is 20.0. The molecule has 0 saturated heterocycles. The van der Waals surface area contributed by atoms with Gasteiger partial charge in [-0.1, -0.05) is 124 Å². The molecule has 27 heavy (non-hydrogen) atoms. The molecule has 1 heteroatoms. The summed E-state index contributed by atoms with van der Waals surface area (Å²) in [6.45, 7) is 13.4. The lowest BCUT2D eigenvalue weighted by atomic mass is 10.0. The monoisotopic (exact) mass is 381 g/mol. The van der Waals surface area contributed by atoms with Crippen LogP contribution in [-0.2, 0) is 0 Å². The normalized spacial score (nSPS) is 11.8. The van der Waals surface area contributed by atoms with Crippen LogP contribution in [-0.4, -0.2) is 24.5 Å². The molecule has 1 nitrogen and oxygen atoms in total. The smallest absolute Gasteiger partial charge is 0.00187 e. The number of nitrogens with zero attached hydrogens (tertiary/aromatic N) is 1. The molecule has 0 rings (SSSR count). The molecular weight excluding hydrogens is 326 g/mol. The van der Waals surface area contributed by atoms with Crippen LogP contribution in [0.1, 0.15) is 143 Å². The predicted molar refractivity (Wildman–Crippen MR) is 126 cm³/mol. The molecule has 0 N–H and O–H groups in total. The Morgan fingerprint density at radius 3 is 1.15 bits per heavy atom. The Bertz CT molecular complexity index is 247. The third-order valence-corrected chi connectivity index (χ3v) is 5.91. The van der Waals surface area contributed by atoms with Crippen molar-refractivity contribution in [3.05, 3.63) is 0 Å². The number of unbranched alkanes of at least 4 members (excludes halogenated alkanes) is 14. The first kappa shape index (κ1) is 27.0. The maximum Gasteiger partial charge on any atom is -0.00187 e. The van der Waals surface area contributed by atoms with Gasteiger partial charge in [0.2, 0.25) is 0 Å². The van der Waals surface area contributed by atoms with Crippen LogP contribution in [0, 0.1) is 5.92 Å². The molecule has 0 aromatic carbocycles. The third kappa shape index (κ3) is 22.1. The SMILES string of the molecule is CCCCCCCN(CCCCCCC)CCCCCCCCCC(C)C. The van der Waals surface area contributed by atoms with Crippen molar-refractivity contribution in [2.45, 2.75) is 143 Å². The molecule has 0 atom stereocenters. The molecule has 0 aromatic heterocycles. The summed E-state index contributed by atoms with van der Waals surface area (Å²) in [6.07, 6.45) is 25.8. The first-order valence-electron chi connectivity index (χ1n) is 12.9. The first-order valence-corrected chi connectivity index (χ1v) is 12.9. The molecule has 164 valence electrons. The average Bonchev–Trinajstić information content (AvgIpc) is 2.65. The molecule has 0 radical (unpaired) electrons. The van der Waals surface area contributed by atoms with Gasteiger partial charge in [-0.05, 0) is 44.8 Å². The van der Waals surface area contributed by atoms with Crippen LogP contribution in [0.4, 0.5) is 0 Å². The van der Waals surface area contributed by atoms with Crippen LogP contribution in [0.3, 0.4) is 0 Å². The second kappa shape index (κ2) is 22.3. The fraction of sp³-hybridized carbons (Fsp3) is 1.00. The molecule has 0 fully saturated rings. The fourth-order valence-corrected chi connectivity index (χ4v) is 3.99. The van der Waals surface area contributed by atoms with Crippen molar-refractivity contribution in [3.63, 3.8) is 0 Å². The Labute approximate surface area is 174 Å². The Balaban J connectivity index is 3.71. The average molecular weight is 382 g/mol. The van der Waals surface area contributed by atoms with E-state index >= 15 is 0 Å². The van der Waals surface area contributed by atoms with Gasteiger partial charge in [0.25, 0.3) is 0 Å². The van der Waals surface area contributed by atoms with Gasteiger partial charge in [0.15, 0.2) is 0 Å². The highest BCUT2D eigenvalue weighted by atomic mass is 15.1. The fourth-order valence-electron chi connectivity index (χ4n) is 3.99. The zero-order valence-corrected chi connectivity index (χ0v) is 19.9. The second-order valence-electron chi connectivity index (χ2n) is 9.33. The van der Waals surface area contributed by atoms with Crippen LogP contribution in [0.15, 0.2) is 0 Å². The van der Waals surface area contributed by atoms with Gasteiger partial charge in [-0.15, -0.1) is 0 Å². The number of hydrogen-bond acceptors (Lipinski definition) is 1. The number of rotatable bonds is 22. The van der Waals surface area contributed by atoms with E-state index in [0.29, 0.717) is 0 Å². The minimum Gasteiger partial charge on any atom is -0.303 e. The van der Waals surface area contributed by atoms with E-state index in [4.69, 9.17) is 0 Å². The summed E-state index contributed by atoms with van der Waals surface area (Å²) in [5.74, 6) is 0.889. The minimum atomic E-state index is 0.889. The van der Waals surface area contributed by atoms with Crippen molar-refractivity contribution in [1.29, 1.82) is 0 Å². The van der Waals surface area contributed by atoms with E-state index in [0.717, 1.165) is 5.92 Å². The van der Waals surface area contributed by atoms with Crippen molar-refractivity contribution in [1.82, 2.24) is 4.90 Å². The van der Waals surface area contributed by atoms with Gasteiger partial charge in [0.05, 0.1) is 0 Å². The summed E-state index contributed by atoms with van der Waals surface area (Å²) < 4.78 is 0. The van der Waals surface area contributed by atoms with Gasteiger partial charge in [0, 0.05) is 0 Å². The zero-order valence-electron chi connectivity index (χ0n) is 19.9. The summed E-state index contributed by atoms with van der Waals surface area (Å²) in [4.78, 5) is 2.79. The maximum atomic E-state index is 2.79. The van der Waals surface area contributed by atoms with Gasteiger partial charge >= 0.3 is 0 Å². The van der Waals surface area contributed by atoms with E-state index < -0.39 is 0 Å². The molecule has 0 bridgehead atoms. The molecular formula is C26H55N. The molecule has 0 aromatic rings. The van der Waals surface area contributed by atoms with Gasteiger partial charge < -0.3 is 4.90 Å². The lowest BCUT2D eigenvalue weighted by molar-refractivity contribution is 0.254. The van der Waals surface area contributed by atoms with E-state index in [1.807, 2.05) is 0 Å². The highest BCUT2D eigenvalue weighted by Gasteiger charge is 2.05. The highest BCUT2D eigenvalue weighted by molar-refractivity contribution is 4.60. The Hall–Kier alpha value is -0.0400. The van der Waals surface area contributed by atoms with Crippen molar-refractivity contribution in [3.8, 4) is 0 Å². The Kier molecular flexibility index (Phi) is 22.2. The maximum absolute atomic E-state index is 2.79. The molecule has 0 aliphatic heterocycles. The molecule has 0 aliphatic carbocycles. The predicted octanol–water partition coefficient (Wildman–Crippen LogP) is 9.01. The van der Waals surface area contributed by atoms with Gasteiger partial charge in [-0.3, -0.25) is 0 Å². The van der Waals surface area contributed by atoms with Crippen molar-refractivity contribution in [2.24, 2.45) is 5.92 Å². The lowest BCUT2D eigenvalue weighted by Crippen LogP contribution is -2.27. The van der Waals surface area contributed by atoms with Gasteiger partial charge in [-0.25, -0.2) is 0 Å². The summed E-state index contributed by atoms with van der Waals surface area (Å²) in [5, 5.41) is 0. The first-order chi connectivity index (χ1) is 13.2. The molecule has 0 amide bonds. The summed E-state index contributed by atoms with van der Waals surface area (Å²) in [6, 6.07) is 0. The summed E-state index contributed by atoms with van der Waals surface area (Å²) in [7, 11) is 0. The van der Waals surface area contributed by atoms with E-state index in [1.54, 1.807) is 0 Å². The van der Waals surface area contributed by atoms with Crippen molar-refractivity contribution < 1.29 is 0 Å². The molecule has 0 aliphatic rings. The Morgan fingerprint density at radius 2 is 0.778 bits per heavy atom. The standard InChI is InChI=1S/C26H55N/c1-5-7-9-15-19-23-27(24-20-16-10-8-6-2)25-21-17-13-11-12-14-18-22-26(3)4/h26H,5-25H2,1-4H3. The van der Waals surface area contributed by atoms with E-state index in [9.17, 15) is 0 Å². The van der Waals surface area contributed by atoms with Crippen LogP contribution >= 0.6 is 0 Å². The molecule has 0 unspecified atom stereocenters. The topological polar surface area (TPSA) is 3.24 Å². The van der Waals surface area contributed by atoms with Gasteiger partial charge in [0.1, 0.15) is 0 Å². The van der Waals surface area contributed by atoms with Crippen LogP contribution < -0.4 is 0 Å². The van der Waals surface area contributed by atoms with E-state index in [1.165, 1.54) is 135 Å². The van der Waals surface area contributed by atoms with Crippen LogP contribution in [0.2, 0.25) is 0 Å². The quantitative estimate of drug-likeness (QED) is 0.169.